The maximum Gasteiger partial charge on any atom is 0.145 e. The molecule has 0 aliphatic carbocycles. The van der Waals surface area contributed by atoms with E-state index in [-0.39, 0.29) is 0 Å². The molecular formula is C18H25N3O2. The second-order valence-electron chi connectivity index (χ2n) is 5.95. The van der Waals surface area contributed by atoms with Crippen molar-refractivity contribution in [3.05, 3.63) is 36.5 Å². The molecular weight excluding hydrogens is 290 g/mol. The molecule has 0 amide bonds. The zero-order valence-corrected chi connectivity index (χ0v) is 13.7. The van der Waals surface area contributed by atoms with Crippen molar-refractivity contribution in [1.82, 2.24) is 15.2 Å². The molecule has 23 heavy (non-hydrogen) atoms. The molecule has 1 N–H and O–H groups in total. The van der Waals surface area contributed by atoms with Gasteiger partial charge in [0.2, 0.25) is 0 Å². The molecule has 2 heterocycles. The third-order valence-electron chi connectivity index (χ3n) is 4.08. The molecule has 0 unspecified atom stereocenters. The number of benzene rings is 1. The second kappa shape index (κ2) is 8.24. The van der Waals surface area contributed by atoms with Crippen LogP contribution in [0.5, 0.6) is 5.75 Å². The lowest BCUT2D eigenvalue weighted by Crippen LogP contribution is -2.45. The SMILES string of the molecule is C[C@@H](CN1CCOCC1)NCCOc1cccc2cccnc12. The zero-order valence-electron chi connectivity index (χ0n) is 13.7. The second-order valence-corrected chi connectivity index (χ2v) is 5.95. The van der Waals surface area contributed by atoms with Crippen LogP contribution < -0.4 is 10.1 Å². The molecule has 0 saturated carbocycles. The van der Waals surface area contributed by atoms with Gasteiger partial charge in [-0.3, -0.25) is 9.88 Å². The Kier molecular flexibility index (Phi) is 5.80. The normalized spacial score (nSPS) is 17.3. The molecule has 0 spiro atoms. The fourth-order valence-electron chi connectivity index (χ4n) is 2.89. The van der Waals surface area contributed by atoms with Crippen LogP contribution in [0.15, 0.2) is 36.5 Å². The predicted molar refractivity (Wildman–Crippen MR) is 92.0 cm³/mol. The molecule has 0 radical (unpaired) electrons. The van der Waals surface area contributed by atoms with Gasteiger partial charge in [-0.2, -0.15) is 0 Å². The van der Waals surface area contributed by atoms with Crippen LogP contribution >= 0.6 is 0 Å². The van der Waals surface area contributed by atoms with Crippen molar-refractivity contribution in [1.29, 1.82) is 0 Å². The summed E-state index contributed by atoms with van der Waals surface area (Å²) in [5, 5.41) is 4.63. The van der Waals surface area contributed by atoms with Crippen molar-refractivity contribution in [3.8, 4) is 5.75 Å². The van der Waals surface area contributed by atoms with Crippen LogP contribution in [0, 0.1) is 0 Å². The Labute approximate surface area is 137 Å². The minimum Gasteiger partial charge on any atom is -0.490 e. The lowest BCUT2D eigenvalue weighted by Gasteiger charge is -2.29. The highest BCUT2D eigenvalue weighted by Gasteiger charge is 2.13. The highest BCUT2D eigenvalue weighted by Crippen LogP contribution is 2.22. The lowest BCUT2D eigenvalue weighted by atomic mass is 10.2. The highest BCUT2D eigenvalue weighted by atomic mass is 16.5. The van der Waals surface area contributed by atoms with Crippen LogP contribution in [-0.4, -0.2) is 61.9 Å². The molecule has 0 bridgehead atoms. The monoisotopic (exact) mass is 315 g/mol. The van der Waals surface area contributed by atoms with Gasteiger partial charge in [0, 0.05) is 43.8 Å². The van der Waals surface area contributed by atoms with Gasteiger partial charge in [0.05, 0.1) is 13.2 Å². The Hall–Kier alpha value is -1.69. The van der Waals surface area contributed by atoms with Crippen molar-refractivity contribution in [2.75, 3.05) is 46.0 Å². The Morgan fingerprint density at radius 3 is 2.96 bits per heavy atom. The molecule has 5 nitrogen and oxygen atoms in total. The topological polar surface area (TPSA) is 46.6 Å². The average molecular weight is 315 g/mol. The summed E-state index contributed by atoms with van der Waals surface area (Å²) < 4.78 is 11.3. The summed E-state index contributed by atoms with van der Waals surface area (Å²) in [5.74, 6) is 0.853. The van der Waals surface area contributed by atoms with Gasteiger partial charge < -0.3 is 14.8 Å². The zero-order chi connectivity index (χ0) is 15.9. The molecule has 1 aliphatic rings. The van der Waals surface area contributed by atoms with E-state index in [9.17, 15) is 0 Å². The van der Waals surface area contributed by atoms with Crippen LogP contribution in [-0.2, 0) is 4.74 Å². The fraction of sp³-hybridized carbons (Fsp3) is 0.500. The summed E-state index contributed by atoms with van der Waals surface area (Å²) in [6, 6.07) is 10.5. The highest BCUT2D eigenvalue weighted by molar-refractivity contribution is 5.84. The van der Waals surface area contributed by atoms with Gasteiger partial charge in [-0.15, -0.1) is 0 Å². The third kappa shape index (κ3) is 4.64. The van der Waals surface area contributed by atoms with E-state index in [1.165, 1.54) is 0 Å². The summed E-state index contributed by atoms with van der Waals surface area (Å²) in [4.78, 5) is 6.85. The first kappa shape index (κ1) is 16.2. The Morgan fingerprint density at radius 2 is 2.09 bits per heavy atom. The number of aromatic nitrogens is 1. The van der Waals surface area contributed by atoms with Crippen molar-refractivity contribution in [2.24, 2.45) is 0 Å². The first-order valence-corrected chi connectivity index (χ1v) is 8.33. The Bertz CT molecular complexity index is 609. The van der Waals surface area contributed by atoms with Gasteiger partial charge in [-0.1, -0.05) is 18.2 Å². The Balaban J connectivity index is 1.42. The van der Waals surface area contributed by atoms with Gasteiger partial charge in [0.1, 0.15) is 17.9 Å². The van der Waals surface area contributed by atoms with Gasteiger partial charge >= 0.3 is 0 Å². The summed E-state index contributed by atoms with van der Waals surface area (Å²) in [5.41, 5.74) is 0.927. The fourth-order valence-corrected chi connectivity index (χ4v) is 2.89. The molecule has 1 aromatic carbocycles. The Morgan fingerprint density at radius 1 is 1.26 bits per heavy atom. The van der Waals surface area contributed by atoms with E-state index in [0.29, 0.717) is 12.6 Å². The van der Waals surface area contributed by atoms with Crippen molar-refractivity contribution < 1.29 is 9.47 Å². The van der Waals surface area contributed by atoms with Crippen LogP contribution in [0.2, 0.25) is 0 Å². The largest absolute Gasteiger partial charge is 0.490 e. The number of nitrogens with zero attached hydrogens (tertiary/aromatic N) is 2. The smallest absolute Gasteiger partial charge is 0.145 e. The lowest BCUT2D eigenvalue weighted by molar-refractivity contribution is 0.0343. The van der Waals surface area contributed by atoms with E-state index >= 15 is 0 Å². The van der Waals surface area contributed by atoms with Crippen molar-refractivity contribution in [2.45, 2.75) is 13.0 Å². The van der Waals surface area contributed by atoms with E-state index in [2.05, 4.69) is 34.3 Å². The molecule has 1 aliphatic heterocycles. The number of fused-ring (bicyclic) bond motifs is 1. The van der Waals surface area contributed by atoms with E-state index < -0.39 is 0 Å². The number of para-hydroxylation sites is 1. The molecule has 124 valence electrons. The van der Waals surface area contributed by atoms with Crippen LogP contribution in [0.1, 0.15) is 6.92 Å². The summed E-state index contributed by atoms with van der Waals surface area (Å²) in [7, 11) is 0. The van der Waals surface area contributed by atoms with Crippen molar-refractivity contribution in [3.63, 3.8) is 0 Å². The van der Waals surface area contributed by atoms with E-state index in [1.807, 2.05) is 18.2 Å². The third-order valence-corrected chi connectivity index (χ3v) is 4.08. The minimum absolute atomic E-state index is 0.447. The summed E-state index contributed by atoms with van der Waals surface area (Å²) in [6.07, 6.45) is 1.80. The van der Waals surface area contributed by atoms with Gasteiger partial charge in [0.15, 0.2) is 0 Å². The van der Waals surface area contributed by atoms with E-state index in [4.69, 9.17) is 9.47 Å². The molecule has 3 rings (SSSR count). The number of hydrogen-bond donors (Lipinski definition) is 1. The van der Waals surface area contributed by atoms with Crippen LogP contribution in [0.25, 0.3) is 10.9 Å². The minimum atomic E-state index is 0.447. The first-order chi connectivity index (χ1) is 11.3. The first-order valence-electron chi connectivity index (χ1n) is 8.33. The van der Waals surface area contributed by atoms with Gasteiger partial charge in [-0.25, -0.2) is 0 Å². The van der Waals surface area contributed by atoms with Gasteiger partial charge in [0.25, 0.3) is 0 Å². The average Bonchev–Trinajstić information content (AvgIpc) is 2.60. The molecule has 1 atom stereocenters. The van der Waals surface area contributed by atoms with E-state index in [0.717, 1.165) is 56.0 Å². The predicted octanol–water partition coefficient (Wildman–Crippen LogP) is 1.92. The van der Waals surface area contributed by atoms with Crippen molar-refractivity contribution >= 4 is 10.9 Å². The van der Waals surface area contributed by atoms with Crippen LogP contribution in [0.3, 0.4) is 0 Å². The molecule has 1 saturated heterocycles. The summed E-state index contributed by atoms with van der Waals surface area (Å²) in [6.45, 7) is 8.51. The number of morpholine rings is 1. The molecule has 1 fully saturated rings. The number of rotatable bonds is 7. The van der Waals surface area contributed by atoms with E-state index in [1.54, 1.807) is 6.20 Å². The number of ether oxygens (including phenoxy) is 2. The molecule has 5 heteroatoms. The standard InChI is InChI=1S/C18H25N3O2/c1-15(14-21-9-12-22-13-10-21)19-8-11-23-17-6-2-4-16-5-3-7-20-18(16)17/h2-7,15,19H,8-14H2,1H3/t15-/m0/s1. The molecule has 1 aromatic heterocycles. The summed E-state index contributed by atoms with van der Waals surface area (Å²) >= 11 is 0. The molecule has 2 aromatic rings. The maximum absolute atomic E-state index is 5.90. The maximum atomic E-state index is 5.90. The number of nitrogens with one attached hydrogen (secondary N) is 1. The van der Waals surface area contributed by atoms with Gasteiger partial charge in [-0.05, 0) is 19.1 Å². The van der Waals surface area contributed by atoms with Crippen LogP contribution in [0.4, 0.5) is 0 Å². The number of hydrogen-bond acceptors (Lipinski definition) is 5. The quantitative estimate of drug-likeness (QED) is 0.791. The number of pyridine rings is 1.